The van der Waals surface area contributed by atoms with Crippen LogP contribution in [0.1, 0.15) is 34.8 Å². The van der Waals surface area contributed by atoms with Crippen LogP contribution >= 0.6 is 0 Å². The molecule has 1 amide bonds. The van der Waals surface area contributed by atoms with Crippen molar-refractivity contribution in [3.63, 3.8) is 0 Å². The molecule has 2 aromatic heterocycles. The molecule has 160 valence electrons. The zero-order valence-corrected chi connectivity index (χ0v) is 17.6. The van der Waals surface area contributed by atoms with Gasteiger partial charge in [0.05, 0.1) is 24.9 Å². The van der Waals surface area contributed by atoms with Gasteiger partial charge in [-0.05, 0) is 31.0 Å². The number of hydrogen-bond donors (Lipinski definition) is 1. The summed E-state index contributed by atoms with van der Waals surface area (Å²) in [6.45, 7) is 2.86. The maximum atomic E-state index is 12.5. The van der Waals surface area contributed by atoms with Crippen LogP contribution in [0.5, 0.6) is 5.75 Å². The molecular formula is C24H27N5O2. The number of para-hydroxylation sites is 1. The average Bonchev–Trinajstić information content (AvgIpc) is 3.28. The van der Waals surface area contributed by atoms with Crippen LogP contribution in [0.2, 0.25) is 0 Å². The highest BCUT2D eigenvalue weighted by Crippen LogP contribution is 2.26. The van der Waals surface area contributed by atoms with Crippen LogP contribution in [0.3, 0.4) is 0 Å². The van der Waals surface area contributed by atoms with Crippen molar-refractivity contribution in [1.29, 1.82) is 0 Å². The summed E-state index contributed by atoms with van der Waals surface area (Å²) in [5.41, 5.74) is 1.62. The number of pyridine rings is 1. The number of rotatable bonds is 7. The molecule has 31 heavy (non-hydrogen) atoms. The number of ether oxygens (including phenoxy) is 1. The number of nitrogens with one attached hydrogen (secondary N) is 1. The maximum Gasteiger partial charge on any atom is 0.258 e. The molecule has 0 bridgehead atoms. The first-order valence-corrected chi connectivity index (χ1v) is 10.5. The molecule has 4 rings (SSSR count). The van der Waals surface area contributed by atoms with E-state index in [1.165, 1.54) is 0 Å². The molecule has 0 spiro atoms. The number of aromatic nitrogens is 3. The minimum atomic E-state index is -0.172. The van der Waals surface area contributed by atoms with E-state index in [0.29, 0.717) is 5.56 Å². The van der Waals surface area contributed by atoms with Gasteiger partial charge in [0.1, 0.15) is 11.6 Å². The van der Waals surface area contributed by atoms with Crippen molar-refractivity contribution in [2.45, 2.75) is 18.9 Å². The molecule has 1 saturated heterocycles. The summed E-state index contributed by atoms with van der Waals surface area (Å²) in [6, 6.07) is 13.6. The summed E-state index contributed by atoms with van der Waals surface area (Å²) in [5.74, 6) is 1.44. The second-order valence-electron chi connectivity index (χ2n) is 7.53. The molecule has 0 unspecified atom stereocenters. The number of likely N-dealkylation sites (tertiary alicyclic amines) is 1. The van der Waals surface area contributed by atoms with Crippen molar-refractivity contribution in [2.75, 3.05) is 32.1 Å². The number of carbonyl (C=O) groups excluding carboxylic acids is 1. The van der Waals surface area contributed by atoms with Crippen LogP contribution in [0.15, 0.2) is 67.1 Å². The highest BCUT2D eigenvalue weighted by molar-refractivity contribution is 6.03. The van der Waals surface area contributed by atoms with E-state index in [1.54, 1.807) is 37.8 Å². The van der Waals surface area contributed by atoms with Crippen LogP contribution in [0.25, 0.3) is 6.08 Å². The van der Waals surface area contributed by atoms with E-state index >= 15 is 0 Å². The van der Waals surface area contributed by atoms with Gasteiger partial charge in [-0.3, -0.25) is 14.7 Å². The van der Waals surface area contributed by atoms with Gasteiger partial charge in [-0.1, -0.05) is 30.4 Å². The molecular weight excluding hydrogens is 390 g/mol. The third kappa shape index (κ3) is 5.19. The SMILES string of the molecule is COc1ccccc1/C=C/CN1CCC(n2nccc2NC(=O)c2cccnc2)CC1. The lowest BCUT2D eigenvalue weighted by atomic mass is 10.1. The Labute approximate surface area is 182 Å². The molecule has 0 aliphatic carbocycles. The highest BCUT2D eigenvalue weighted by atomic mass is 16.5. The summed E-state index contributed by atoms with van der Waals surface area (Å²) in [6.07, 6.45) is 11.2. The Bertz CT molecular complexity index is 1020. The van der Waals surface area contributed by atoms with Crippen LogP contribution < -0.4 is 10.1 Å². The van der Waals surface area contributed by atoms with Gasteiger partial charge in [0.15, 0.2) is 0 Å². The number of anilines is 1. The van der Waals surface area contributed by atoms with Crippen molar-refractivity contribution < 1.29 is 9.53 Å². The van der Waals surface area contributed by atoms with Crippen molar-refractivity contribution in [3.8, 4) is 5.75 Å². The standard InChI is InChI=1S/C24H27N5O2/c1-31-22-9-3-2-6-19(22)8-5-15-28-16-11-21(12-17-28)29-23(10-14-26-29)27-24(30)20-7-4-13-25-18-20/h2-10,13-14,18,21H,11-12,15-17H2,1H3,(H,27,30)/b8-5+. The highest BCUT2D eigenvalue weighted by Gasteiger charge is 2.22. The smallest absolute Gasteiger partial charge is 0.258 e. The molecule has 3 heterocycles. The number of hydrogen-bond acceptors (Lipinski definition) is 5. The fraction of sp³-hybridized carbons (Fsp3) is 0.292. The van der Waals surface area contributed by atoms with E-state index in [4.69, 9.17) is 4.74 Å². The minimum Gasteiger partial charge on any atom is -0.496 e. The van der Waals surface area contributed by atoms with Gasteiger partial charge in [0, 0.05) is 43.7 Å². The van der Waals surface area contributed by atoms with Gasteiger partial charge in [-0.25, -0.2) is 4.68 Å². The Kier molecular flexibility index (Phi) is 6.74. The normalized spacial score (nSPS) is 15.3. The van der Waals surface area contributed by atoms with Crippen molar-refractivity contribution in [3.05, 3.63) is 78.3 Å². The molecule has 0 saturated carbocycles. The van der Waals surface area contributed by atoms with Crippen molar-refractivity contribution >= 4 is 17.8 Å². The van der Waals surface area contributed by atoms with E-state index in [1.807, 2.05) is 28.9 Å². The predicted molar refractivity (Wildman–Crippen MR) is 121 cm³/mol. The first-order chi connectivity index (χ1) is 15.2. The Morgan fingerprint density at radius 2 is 2.00 bits per heavy atom. The summed E-state index contributed by atoms with van der Waals surface area (Å²) in [7, 11) is 1.69. The first-order valence-electron chi connectivity index (χ1n) is 10.5. The monoisotopic (exact) mass is 417 g/mol. The van der Waals surface area contributed by atoms with Crippen LogP contribution in [-0.4, -0.2) is 52.3 Å². The minimum absolute atomic E-state index is 0.172. The fourth-order valence-corrected chi connectivity index (χ4v) is 3.87. The van der Waals surface area contributed by atoms with E-state index < -0.39 is 0 Å². The Hall–Kier alpha value is -3.45. The van der Waals surface area contributed by atoms with E-state index in [2.05, 4.69) is 38.5 Å². The number of methoxy groups -OCH3 is 1. The third-order valence-electron chi connectivity index (χ3n) is 5.54. The van der Waals surface area contributed by atoms with E-state index in [0.717, 1.165) is 49.6 Å². The fourth-order valence-electron chi connectivity index (χ4n) is 3.87. The molecule has 1 aliphatic rings. The van der Waals surface area contributed by atoms with Crippen molar-refractivity contribution in [2.24, 2.45) is 0 Å². The molecule has 3 aromatic rings. The second-order valence-corrected chi connectivity index (χ2v) is 7.53. The number of nitrogens with zero attached hydrogens (tertiary/aromatic N) is 4. The molecule has 0 radical (unpaired) electrons. The molecule has 1 aromatic carbocycles. The molecule has 1 aliphatic heterocycles. The van der Waals surface area contributed by atoms with Crippen LogP contribution in [-0.2, 0) is 0 Å². The predicted octanol–water partition coefficient (Wildman–Crippen LogP) is 3.89. The number of amides is 1. The summed E-state index contributed by atoms with van der Waals surface area (Å²) in [4.78, 5) is 18.9. The number of benzene rings is 1. The van der Waals surface area contributed by atoms with Crippen molar-refractivity contribution in [1.82, 2.24) is 19.7 Å². The molecule has 1 fully saturated rings. The quantitative estimate of drug-likeness (QED) is 0.631. The lowest BCUT2D eigenvalue weighted by molar-refractivity contribution is 0.102. The number of carbonyl (C=O) groups is 1. The Morgan fingerprint density at radius 1 is 1.16 bits per heavy atom. The number of piperidine rings is 1. The van der Waals surface area contributed by atoms with E-state index in [-0.39, 0.29) is 11.9 Å². The molecule has 7 nitrogen and oxygen atoms in total. The Balaban J connectivity index is 1.31. The zero-order chi connectivity index (χ0) is 21.5. The van der Waals surface area contributed by atoms with E-state index in [9.17, 15) is 4.79 Å². The molecule has 1 N–H and O–H groups in total. The summed E-state index contributed by atoms with van der Waals surface area (Å²) >= 11 is 0. The van der Waals surface area contributed by atoms with Gasteiger partial charge in [-0.2, -0.15) is 5.10 Å². The van der Waals surface area contributed by atoms with Gasteiger partial charge >= 0.3 is 0 Å². The largest absolute Gasteiger partial charge is 0.496 e. The lowest BCUT2D eigenvalue weighted by Gasteiger charge is -2.32. The zero-order valence-electron chi connectivity index (χ0n) is 17.6. The van der Waals surface area contributed by atoms with Gasteiger partial charge in [-0.15, -0.1) is 0 Å². The van der Waals surface area contributed by atoms with Crippen LogP contribution in [0, 0.1) is 0 Å². The average molecular weight is 418 g/mol. The van der Waals surface area contributed by atoms with Gasteiger partial charge in [0.25, 0.3) is 5.91 Å². The third-order valence-corrected chi connectivity index (χ3v) is 5.54. The van der Waals surface area contributed by atoms with Crippen LogP contribution in [0.4, 0.5) is 5.82 Å². The Morgan fingerprint density at radius 3 is 2.77 bits per heavy atom. The summed E-state index contributed by atoms with van der Waals surface area (Å²) < 4.78 is 7.34. The molecule has 7 heteroatoms. The lowest BCUT2D eigenvalue weighted by Crippen LogP contribution is -2.35. The first kappa shape index (κ1) is 20.8. The van der Waals surface area contributed by atoms with Gasteiger partial charge in [0.2, 0.25) is 0 Å². The maximum absolute atomic E-state index is 12.5. The van der Waals surface area contributed by atoms with Gasteiger partial charge < -0.3 is 10.1 Å². The second kappa shape index (κ2) is 10.0. The summed E-state index contributed by atoms with van der Waals surface area (Å²) in [5, 5.41) is 7.44. The molecule has 0 atom stereocenters. The topological polar surface area (TPSA) is 72.3 Å².